The molecule has 1 atom stereocenters. The second kappa shape index (κ2) is 6.60. The van der Waals surface area contributed by atoms with Gasteiger partial charge >= 0.3 is 0 Å². The van der Waals surface area contributed by atoms with Crippen LogP contribution in [0, 0.1) is 0 Å². The van der Waals surface area contributed by atoms with E-state index >= 15 is 0 Å². The number of amides is 1. The molecule has 1 aliphatic rings. The molecule has 0 saturated carbocycles. The van der Waals surface area contributed by atoms with Crippen LogP contribution in [-0.4, -0.2) is 23.9 Å². The first kappa shape index (κ1) is 14.6. The molecular weight excluding hydrogens is 283 g/mol. The Kier molecular flexibility index (Phi) is 5.08. The van der Waals surface area contributed by atoms with Gasteiger partial charge in [-0.15, -0.1) is 0 Å². The summed E-state index contributed by atoms with van der Waals surface area (Å²) in [5.74, 6) is 0.180. The van der Waals surface area contributed by atoms with Crippen LogP contribution in [0.4, 0.5) is 0 Å². The predicted octanol–water partition coefficient (Wildman–Crippen LogP) is 3.40. The van der Waals surface area contributed by atoms with Crippen LogP contribution in [0.3, 0.4) is 0 Å². The molecule has 2 N–H and O–H groups in total. The van der Waals surface area contributed by atoms with E-state index in [-0.39, 0.29) is 11.9 Å². The Morgan fingerprint density at radius 1 is 1.37 bits per heavy atom. The van der Waals surface area contributed by atoms with Gasteiger partial charge in [-0.2, -0.15) is 0 Å². The van der Waals surface area contributed by atoms with Crippen molar-refractivity contribution >= 4 is 29.1 Å². The summed E-state index contributed by atoms with van der Waals surface area (Å²) in [5.41, 5.74) is 6.52. The molecule has 1 aromatic rings. The van der Waals surface area contributed by atoms with Crippen LogP contribution < -0.4 is 5.73 Å². The molecule has 1 saturated heterocycles. The van der Waals surface area contributed by atoms with Gasteiger partial charge in [0.1, 0.15) is 0 Å². The number of rotatable bonds is 4. The van der Waals surface area contributed by atoms with Crippen molar-refractivity contribution in [3.63, 3.8) is 0 Å². The van der Waals surface area contributed by atoms with Gasteiger partial charge in [0, 0.05) is 13.0 Å². The zero-order valence-electron chi connectivity index (χ0n) is 10.7. The zero-order valence-corrected chi connectivity index (χ0v) is 12.3. The molecule has 0 bridgehead atoms. The van der Waals surface area contributed by atoms with Crippen molar-refractivity contribution in [2.75, 3.05) is 13.1 Å². The first-order chi connectivity index (χ1) is 9.13. The number of carbonyl (C=O) groups excluding carboxylic acids is 1. The second-order valence-corrected chi connectivity index (χ2v) is 5.63. The number of hydrogen-bond donors (Lipinski definition) is 1. The monoisotopic (exact) mass is 300 g/mol. The summed E-state index contributed by atoms with van der Waals surface area (Å²) in [6.07, 6.45) is 3.27. The van der Waals surface area contributed by atoms with Crippen LogP contribution in [0.1, 0.15) is 37.3 Å². The Morgan fingerprint density at radius 2 is 2.16 bits per heavy atom. The number of carbonyl (C=O) groups is 1. The van der Waals surface area contributed by atoms with E-state index in [0.29, 0.717) is 23.0 Å². The molecular formula is C14H18Cl2N2O. The molecule has 1 amide bonds. The summed E-state index contributed by atoms with van der Waals surface area (Å²) in [6.45, 7) is 1.37. The van der Waals surface area contributed by atoms with Gasteiger partial charge in [-0.3, -0.25) is 4.79 Å². The van der Waals surface area contributed by atoms with Crippen molar-refractivity contribution in [2.45, 2.75) is 31.7 Å². The fourth-order valence-electron chi connectivity index (χ4n) is 2.53. The number of nitrogens with two attached hydrogens (primary N) is 1. The lowest BCUT2D eigenvalue weighted by atomic mass is 10.0. The molecule has 1 fully saturated rings. The van der Waals surface area contributed by atoms with E-state index in [2.05, 4.69) is 0 Å². The Morgan fingerprint density at radius 3 is 2.84 bits per heavy atom. The van der Waals surface area contributed by atoms with Crippen LogP contribution >= 0.6 is 23.2 Å². The minimum atomic E-state index is 0.125. The molecule has 1 aromatic carbocycles. The van der Waals surface area contributed by atoms with Crippen LogP contribution in [0.2, 0.25) is 10.0 Å². The lowest BCUT2D eigenvalue weighted by Crippen LogP contribution is -2.30. The minimum absolute atomic E-state index is 0.125. The van der Waals surface area contributed by atoms with Crippen molar-refractivity contribution in [2.24, 2.45) is 5.73 Å². The van der Waals surface area contributed by atoms with Crippen molar-refractivity contribution in [1.82, 2.24) is 4.90 Å². The molecule has 1 aliphatic heterocycles. The van der Waals surface area contributed by atoms with Crippen LogP contribution in [0.5, 0.6) is 0 Å². The van der Waals surface area contributed by atoms with E-state index < -0.39 is 0 Å². The number of nitrogens with zero attached hydrogens (tertiary/aromatic N) is 1. The topological polar surface area (TPSA) is 46.3 Å². The molecule has 5 heteroatoms. The number of halogens is 2. The summed E-state index contributed by atoms with van der Waals surface area (Å²) in [6, 6.07) is 5.73. The highest BCUT2D eigenvalue weighted by Gasteiger charge is 2.29. The van der Waals surface area contributed by atoms with E-state index in [4.69, 9.17) is 28.9 Å². The standard InChI is InChI=1S/C14H18Cl2N2O/c15-11-6-5-10(9-12(11)16)13-3-2-8-18(13)14(19)4-1-7-17/h5-6,9,13H,1-4,7-8,17H2. The third kappa shape index (κ3) is 3.41. The average Bonchev–Trinajstić information content (AvgIpc) is 2.88. The Bertz CT molecular complexity index is 465. The van der Waals surface area contributed by atoms with Crippen molar-refractivity contribution in [3.8, 4) is 0 Å². The normalized spacial score (nSPS) is 18.9. The maximum absolute atomic E-state index is 12.2. The van der Waals surface area contributed by atoms with Crippen molar-refractivity contribution in [1.29, 1.82) is 0 Å². The lowest BCUT2D eigenvalue weighted by Gasteiger charge is -2.25. The summed E-state index contributed by atoms with van der Waals surface area (Å²) < 4.78 is 0. The summed E-state index contributed by atoms with van der Waals surface area (Å²) in [4.78, 5) is 14.1. The van der Waals surface area contributed by atoms with Gasteiger partial charge < -0.3 is 10.6 Å². The van der Waals surface area contributed by atoms with Crippen LogP contribution in [0.15, 0.2) is 18.2 Å². The molecule has 0 aromatic heterocycles. The first-order valence-corrected chi connectivity index (χ1v) is 7.33. The van der Waals surface area contributed by atoms with Gasteiger partial charge in [-0.25, -0.2) is 0 Å². The fraction of sp³-hybridized carbons (Fsp3) is 0.500. The lowest BCUT2D eigenvalue weighted by molar-refractivity contribution is -0.132. The predicted molar refractivity (Wildman–Crippen MR) is 78.4 cm³/mol. The molecule has 1 heterocycles. The van der Waals surface area contributed by atoms with Gasteiger partial charge in [-0.1, -0.05) is 29.3 Å². The average molecular weight is 301 g/mol. The first-order valence-electron chi connectivity index (χ1n) is 6.58. The largest absolute Gasteiger partial charge is 0.336 e. The Hall–Kier alpha value is -0.770. The third-order valence-corrected chi connectivity index (χ3v) is 4.24. The maximum Gasteiger partial charge on any atom is 0.223 e. The second-order valence-electron chi connectivity index (χ2n) is 4.81. The van der Waals surface area contributed by atoms with Crippen LogP contribution in [-0.2, 0) is 4.79 Å². The van der Waals surface area contributed by atoms with Crippen molar-refractivity contribution < 1.29 is 4.79 Å². The molecule has 0 spiro atoms. The van der Waals surface area contributed by atoms with E-state index in [9.17, 15) is 4.79 Å². The highest BCUT2D eigenvalue weighted by Crippen LogP contribution is 2.35. The van der Waals surface area contributed by atoms with Gasteiger partial charge in [0.05, 0.1) is 16.1 Å². The Labute approximate surface area is 123 Å². The molecule has 19 heavy (non-hydrogen) atoms. The maximum atomic E-state index is 12.2. The molecule has 3 nitrogen and oxygen atoms in total. The molecule has 104 valence electrons. The summed E-state index contributed by atoms with van der Waals surface area (Å²) in [5, 5.41) is 1.09. The molecule has 2 rings (SSSR count). The summed E-state index contributed by atoms with van der Waals surface area (Å²) >= 11 is 12.0. The van der Waals surface area contributed by atoms with E-state index in [1.165, 1.54) is 0 Å². The van der Waals surface area contributed by atoms with Crippen molar-refractivity contribution in [3.05, 3.63) is 33.8 Å². The zero-order chi connectivity index (χ0) is 13.8. The van der Waals surface area contributed by atoms with Gasteiger partial charge in [0.2, 0.25) is 5.91 Å². The van der Waals surface area contributed by atoms with Gasteiger partial charge in [-0.05, 0) is 43.5 Å². The smallest absolute Gasteiger partial charge is 0.223 e. The van der Waals surface area contributed by atoms with E-state index in [0.717, 1.165) is 31.4 Å². The van der Waals surface area contributed by atoms with Gasteiger partial charge in [0.15, 0.2) is 0 Å². The van der Waals surface area contributed by atoms with E-state index in [1.54, 1.807) is 6.07 Å². The van der Waals surface area contributed by atoms with Crippen LogP contribution in [0.25, 0.3) is 0 Å². The number of hydrogen-bond acceptors (Lipinski definition) is 2. The fourth-order valence-corrected chi connectivity index (χ4v) is 2.83. The SMILES string of the molecule is NCCCC(=O)N1CCCC1c1ccc(Cl)c(Cl)c1. The Balaban J connectivity index is 2.13. The third-order valence-electron chi connectivity index (χ3n) is 3.50. The highest BCUT2D eigenvalue weighted by atomic mass is 35.5. The number of benzene rings is 1. The van der Waals surface area contributed by atoms with E-state index in [1.807, 2.05) is 17.0 Å². The molecule has 0 aliphatic carbocycles. The summed E-state index contributed by atoms with van der Waals surface area (Å²) in [7, 11) is 0. The molecule has 1 unspecified atom stereocenters. The quantitative estimate of drug-likeness (QED) is 0.926. The highest BCUT2D eigenvalue weighted by molar-refractivity contribution is 6.42. The minimum Gasteiger partial charge on any atom is -0.336 e. The van der Waals surface area contributed by atoms with Gasteiger partial charge in [0.25, 0.3) is 0 Å². The molecule has 0 radical (unpaired) electrons. The number of likely N-dealkylation sites (tertiary alicyclic amines) is 1.